The highest BCUT2D eigenvalue weighted by molar-refractivity contribution is 6.40. The number of amides is 2. The Hall–Kier alpha value is -4.41. The van der Waals surface area contributed by atoms with Crippen LogP contribution in [-0.4, -0.2) is 44.8 Å². The maximum atomic E-state index is 14.7. The number of para-hydroxylation sites is 1. The van der Waals surface area contributed by atoms with E-state index in [1.807, 2.05) is 0 Å². The van der Waals surface area contributed by atoms with E-state index in [4.69, 9.17) is 23.2 Å². The third-order valence-corrected chi connectivity index (χ3v) is 6.41. The number of hydrogen-bond acceptors (Lipinski definition) is 5. The number of Topliss-reactive ketones (excluding diaryl/α,β-unsaturated/α-hetero) is 1. The lowest BCUT2D eigenvalue weighted by molar-refractivity contribution is -0.139. The van der Waals surface area contributed by atoms with Crippen molar-refractivity contribution >= 4 is 57.7 Å². The van der Waals surface area contributed by atoms with Gasteiger partial charge in [0.15, 0.2) is 11.6 Å². The van der Waals surface area contributed by atoms with Gasteiger partial charge in [-0.2, -0.15) is 0 Å². The molecule has 3 aromatic carbocycles. The SMILES string of the molecule is O=C(NCc1cccc(O)c1)c1cc(Cl)c(C(=O)CC(NC(=O)c2[nH]c3ccccc3c2F)C(=O)O)c(Cl)c1. The van der Waals surface area contributed by atoms with Gasteiger partial charge in [0.2, 0.25) is 0 Å². The Kier molecular flexibility index (Phi) is 8.18. The summed E-state index contributed by atoms with van der Waals surface area (Å²) in [5, 5.41) is 23.7. The third-order valence-electron chi connectivity index (χ3n) is 5.81. The van der Waals surface area contributed by atoms with Crippen LogP contribution < -0.4 is 10.6 Å². The van der Waals surface area contributed by atoms with Crippen LogP contribution in [0.4, 0.5) is 4.39 Å². The number of ketones is 1. The third kappa shape index (κ3) is 6.19. The van der Waals surface area contributed by atoms with Gasteiger partial charge in [-0.3, -0.25) is 14.4 Å². The van der Waals surface area contributed by atoms with Crippen LogP contribution in [0.1, 0.15) is 43.2 Å². The lowest BCUT2D eigenvalue weighted by Crippen LogP contribution is -2.42. The number of phenolic OH excluding ortho intramolecular Hbond substituents is 1. The summed E-state index contributed by atoms with van der Waals surface area (Å²) >= 11 is 12.5. The highest BCUT2D eigenvalue weighted by atomic mass is 35.5. The van der Waals surface area contributed by atoms with Crippen LogP contribution in [-0.2, 0) is 11.3 Å². The van der Waals surface area contributed by atoms with Gasteiger partial charge in [-0.1, -0.05) is 47.5 Å². The molecule has 5 N–H and O–H groups in total. The maximum absolute atomic E-state index is 14.7. The van der Waals surface area contributed by atoms with Crippen molar-refractivity contribution < 1.29 is 33.8 Å². The fourth-order valence-corrected chi connectivity index (χ4v) is 4.60. The molecule has 1 unspecified atom stereocenters. The number of aliphatic carboxylic acids is 1. The van der Waals surface area contributed by atoms with Crippen LogP contribution in [0.15, 0.2) is 60.7 Å². The molecule has 0 aliphatic heterocycles. The molecule has 1 atom stereocenters. The summed E-state index contributed by atoms with van der Waals surface area (Å²) in [6, 6.07) is 13.2. The lowest BCUT2D eigenvalue weighted by atomic mass is 10.0. The fraction of sp³-hybridized carbons (Fsp3) is 0.111. The quantitative estimate of drug-likeness (QED) is 0.184. The van der Waals surface area contributed by atoms with Crippen molar-refractivity contribution in [2.75, 3.05) is 0 Å². The monoisotopic (exact) mass is 571 g/mol. The molecule has 4 rings (SSSR count). The van der Waals surface area contributed by atoms with Gasteiger partial charge < -0.3 is 25.8 Å². The normalized spacial score (nSPS) is 11.7. The van der Waals surface area contributed by atoms with E-state index in [-0.39, 0.29) is 38.9 Å². The van der Waals surface area contributed by atoms with Gasteiger partial charge in [0.1, 0.15) is 17.5 Å². The molecule has 2 amide bonds. The summed E-state index contributed by atoms with van der Waals surface area (Å²) in [6.07, 6.45) is -0.745. The average Bonchev–Trinajstić information content (AvgIpc) is 3.23. The Morgan fingerprint density at radius 2 is 1.64 bits per heavy atom. The predicted octanol–water partition coefficient (Wildman–Crippen LogP) is 4.71. The first kappa shape index (κ1) is 27.6. The molecule has 0 fully saturated rings. The zero-order valence-corrected chi connectivity index (χ0v) is 21.4. The molecule has 200 valence electrons. The Balaban J connectivity index is 1.47. The number of carboxylic acid groups (broad SMARTS) is 1. The molecule has 0 aliphatic carbocycles. The second-order valence-corrected chi connectivity index (χ2v) is 9.33. The molecule has 39 heavy (non-hydrogen) atoms. The van der Waals surface area contributed by atoms with Gasteiger partial charge in [-0.25, -0.2) is 9.18 Å². The van der Waals surface area contributed by atoms with Crippen LogP contribution in [0.5, 0.6) is 5.75 Å². The van der Waals surface area contributed by atoms with Crippen molar-refractivity contribution in [1.29, 1.82) is 0 Å². The van der Waals surface area contributed by atoms with Crippen molar-refractivity contribution in [2.45, 2.75) is 19.0 Å². The van der Waals surface area contributed by atoms with Crippen molar-refractivity contribution in [3.05, 3.63) is 98.9 Å². The molecule has 0 bridgehead atoms. The molecule has 9 nitrogen and oxygen atoms in total. The number of carboxylic acids is 1. The number of nitrogens with one attached hydrogen (secondary N) is 3. The molecular formula is C27H20Cl2FN3O6. The van der Waals surface area contributed by atoms with Crippen LogP contribution in [0.25, 0.3) is 10.9 Å². The average molecular weight is 572 g/mol. The summed E-state index contributed by atoms with van der Waals surface area (Å²) in [5.74, 6) is -4.79. The van der Waals surface area contributed by atoms with E-state index in [0.717, 1.165) is 0 Å². The van der Waals surface area contributed by atoms with Gasteiger partial charge in [-0.05, 0) is 42.0 Å². The van der Waals surface area contributed by atoms with Crippen molar-refractivity contribution in [2.24, 2.45) is 0 Å². The van der Waals surface area contributed by atoms with E-state index < -0.39 is 47.5 Å². The van der Waals surface area contributed by atoms with Crippen LogP contribution in [0, 0.1) is 5.82 Å². The molecule has 0 saturated heterocycles. The smallest absolute Gasteiger partial charge is 0.326 e. The minimum atomic E-state index is -1.73. The first-order valence-corrected chi connectivity index (χ1v) is 12.2. The summed E-state index contributed by atoms with van der Waals surface area (Å²) in [7, 11) is 0. The van der Waals surface area contributed by atoms with Crippen molar-refractivity contribution in [1.82, 2.24) is 15.6 Å². The molecule has 0 spiro atoms. The van der Waals surface area contributed by atoms with Gasteiger partial charge in [0.25, 0.3) is 11.8 Å². The summed E-state index contributed by atoms with van der Waals surface area (Å²) < 4.78 is 14.7. The molecule has 0 aliphatic rings. The number of carbonyl (C=O) groups excluding carboxylic acids is 3. The minimum Gasteiger partial charge on any atom is -0.508 e. The minimum absolute atomic E-state index is 0.0398. The van der Waals surface area contributed by atoms with Crippen LogP contribution in [0.3, 0.4) is 0 Å². The fourth-order valence-electron chi connectivity index (χ4n) is 3.90. The summed E-state index contributed by atoms with van der Waals surface area (Å²) in [6.45, 7) is 0.0973. The number of benzene rings is 3. The first-order chi connectivity index (χ1) is 18.5. The van der Waals surface area contributed by atoms with Gasteiger partial charge >= 0.3 is 5.97 Å². The predicted molar refractivity (Wildman–Crippen MR) is 142 cm³/mol. The van der Waals surface area contributed by atoms with Gasteiger partial charge in [-0.15, -0.1) is 0 Å². The molecule has 1 aromatic heterocycles. The molecular weight excluding hydrogens is 552 g/mol. The van der Waals surface area contributed by atoms with E-state index in [9.17, 15) is 33.8 Å². The number of phenols is 1. The highest BCUT2D eigenvalue weighted by Crippen LogP contribution is 2.29. The maximum Gasteiger partial charge on any atom is 0.326 e. The summed E-state index contributed by atoms with van der Waals surface area (Å²) in [5.41, 5.74) is 0.306. The largest absolute Gasteiger partial charge is 0.508 e. The van der Waals surface area contributed by atoms with Crippen LogP contribution >= 0.6 is 23.2 Å². The van der Waals surface area contributed by atoms with E-state index in [1.165, 1.54) is 30.3 Å². The summed E-state index contributed by atoms with van der Waals surface area (Å²) in [4.78, 5) is 52.6. The number of aromatic amines is 1. The van der Waals surface area contributed by atoms with E-state index >= 15 is 0 Å². The standard InChI is InChI=1S/C27H20Cl2FN3O6/c28-17-9-14(25(36)31-12-13-4-3-5-15(34)8-13)10-18(29)22(17)21(35)11-20(27(38)39)33-26(37)24-23(30)16-6-1-2-7-19(16)32-24/h1-10,20,32,34H,11-12H2,(H,31,36)(H,33,37)(H,38,39). The second-order valence-electron chi connectivity index (χ2n) is 8.52. The highest BCUT2D eigenvalue weighted by Gasteiger charge is 2.29. The van der Waals surface area contributed by atoms with Crippen LogP contribution in [0.2, 0.25) is 10.0 Å². The molecule has 12 heteroatoms. The molecule has 4 aromatic rings. The Morgan fingerprint density at radius 3 is 2.28 bits per heavy atom. The van der Waals surface area contributed by atoms with E-state index in [1.54, 1.807) is 30.3 Å². The number of carbonyl (C=O) groups is 4. The Labute approximate surface area is 230 Å². The number of halogens is 3. The number of aromatic nitrogens is 1. The zero-order chi connectivity index (χ0) is 28.3. The number of fused-ring (bicyclic) bond motifs is 1. The number of aromatic hydroxyl groups is 1. The number of H-pyrrole nitrogens is 1. The zero-order valence-electron chi connectivity index (χ0n) is 19.9. The van der Waals surface area contributed by atoms with Crippen molar-refractivity contribution in [3.8, 4) is 5.75 Å². The van der Waals surface area contributed by atoms with Gasteiger partial charge in [0.05, 0.1) is 15.6 Å². The first-order valence-electron chi connectivity index (χ1n) is 11.4. The molecule has 0 radical (unpaired) electrons. The van der Waals surface area contributed by atoms with E-state index in [0.29, 0.717) is 11.1 Å². The molecule has 0 saturated carbocycles. The Bertz CT molecular complexity index is 1600. The topological polar surface area (TPSA) is 149 Å². The van der Waals surface area contributed by atoms with Gasteiger partial charge in [0, 0.05) is 29.4 Å². The second kappa shape index (κ2) is 11.5. The number of hydrogen-bond donors (Lipinski definition) is 5. The lowest BCUT2D eigenvalue weighted by Gasteiger charge is -2.15. The Morgan fingerprint density at radius 1 is 0.949 bits per heavy atom. The molecule has 1 heterocycles. The van der Waals surface area contributed by atoms with E-state index in [2.05, 4.69) is 15.6 Å². The number of rotatable bonds is 9. The van der Waals surface area contributed by atoms with Crippen molar-refractivity contribution in [3.63, 3.8) is 0 Å².